The van der Waals surface area contributed by atoms with Gasteiger partial charge in [0.1, 0.15) is 17.1 Å². The van der Waals surface area contributed by atoms with Gasteiger partial charge in [-0.3, -0.25) is 0 Å². The van der Waals surface area contributed by atoms with Crippen LogP contribution in [0.15, 0.2) is 16.5 Å². The molecule has 0 aliphatic heterocycles. The molecule has 0 radical (unpaired) electrons. The summed E-state index contributed by atoms with van der Waals surface area (Å²) < 4.78 is 11.6. The highest BCUT2D eigenvalue weighted by Crippen LogP contribution is 2.42. The van der Waals surface area contributed by atoms with Crippen LogP contribution in [0.4, 0.5) is 0 Å². The van der Waals surface area contributed by atoms with Crippen LogP contribution in [0.3, 0.4) is 0 Å². The molecule has 21 heavy (non-hydrogen) atoms. The maximum absolute atomic E-state index is 6.15. The van der Waals surface area contributed by atoms with Crippen LogP contribution in [0.5, 0.6) is 5.75 Å². The maximum atomic E-state index is 6.15. The Morgan fingerprint density at radius 1 is 1.05 bits per heavy atom. The second kappa shape index (κ2) is 5.06. The van der Waals surface area contributed by atoms with Gasteiger partial charge in [0.25, 0.3) is 0 Å². The average molecular weight is 289 g/mol. The molecule has 3 nitrogen and oxygen atoms in total. The van der Waals surface area contributed by atoms with Crippen molar-refractivity contribution in [2.75, 3.05) is 7.11 Å². The number of furan rings is 1. The average Bonchev–Trinajstić information content (AvgIpc) is 2.73. The minimum Gasteiger partial charge on any atom is -0.497 e. The highest BCUT2D eigenvalue weighted by atomic mass is 16.5. The fraction of sp³-hybridized carbons (Fsp3) is 0.556. The molecule has 0 bridgehead atoms. The monoisotopic (exact) mass is 289 g/mol. The third-order valence-corrected chi connectivity index (χ3v) is 3.81. The molecule has 1 heterocycles. The van der Waals surface area contributed by atoms with Crippen LogP contribution in [0, 0.1) is 0 Å². The van der Waals surface area contributed by atoms with E-state index in [2.05, 4.69) is 53.7 Å². The molecule has 0 aliphatic rings. The lowest BCUT2D eigenvalue weighted by Gasteiger charge is -2.21. The van der Waals surface area contributed by atoms with Crippen LogP contribution in [0.25, 0.3) is 11.0 Å². The molecule has 2 rings (SSSR count). The highest BCUT2D eigenvalue weighted by molar-refractivity contribution is 5.88. The summed E-state index contributed by atoms with van der Waals surface area (Å²) in [5.41, 5.74) is 9.15. The molecule has 0 spiro atoms. The van der Waals surface area contributed by atoms with Crippen LogP contribution < -0.4 is 10.5 Å². The van der Waals surface area contributed by atoms with E-state index in [4.69, 9.17) is 14.9 Å². The fourth-order valence-corrected chi connectivity index (χ4v) is 2.86. The first-order valence-electron chi connectivity index (χ1n) is 7.44. The third kappa shape index (κ3) is 2.80. The summed E-state index contributed by atoms with van der Waals surface area (Å²) in [5.74, 6) is 1.73. The number of ether oxygens (including phenoxy) is 1. The number of hydrogen-bond donors (Lipinski definition) is 1. The molecule has 0 unspecified atom stereocenters. The SMILES string of the molecule is COc1cc(C(C)(C)C)c2oc(CN)c(C(C)(C)C)c2c1. The van der Waals surface area contributed by atoms with Gasteiger partial charge in [0.2, 0.25) is 0 Å². The van der Waals surface area contributed by atoms with E-state index in [9.17, 15) is 0 Å². The standard InChI is InChI=1S/C18H27NO2/c1-17(2,3)13-9-11(20-7)8-12-15(18(4,5)6)14(10-19)21-16(12)13/h8-9H,10,19H2,1-7H3. The van der Waals surface area contributed by atoms with Crippen molar-refractivity contribution < 1.29 is 9.15 Å². The number of benzene rings is 1. The molecule has 0 saturated carbocycles. The molecule has 2 N–H and O–H groups in total. The Hall–Kier alpha value is -1.48. The van der Waals surface area contributed by atoms with Gasteiger partial charge >= 0.3 is 0 Å². The van der Waals surface area contributed by atoms with Gasteiger partial charge in [0, 0.05) is 16.5 Å². The summed E-state index contributed by atoms with van der Waals surface area (Å²) in [5, 5.41) is 1.12. The van der Waals surface area contributed by atoms with E-state index in [-0.39, 0.29) is 10.8 Å². The summed E-state index contributed by atoms with van der Waals surface area (Å²) in [6.45, 7) is 13.5. The Labute approximate surface area is 127 Å². The van der Waals surface area contributed by atoms with Gasteiger partial charge < -0.3 is 14.9 Å². The smallest absolute Gasteiger partial charge is 0.138 e. The first-order chi connectivity index (χ1) is 9.59. The van der Waals surface area contributed by atoms with Crippen molar-refractivity contribution in [2.24, 2.45) is 5.73 Å². The molecule has 116 valence electrons. The molecule has 0 atom stereocenters. The van der Waals surface area contributed by atoms with Crippen LogP contribution >= 0.6 is 0 Å². The van der Waals surface area contributed by atoms with E-state index >= 15 is 0 Å². The minimum absolute atomic E-state index is 0.0222. The number of nitrogens with two attached hydrogens (primary N) is 1. The van der Waals surface area contributed by atoms with Gasteiger partial charge in [-0.15, -0.1) is 0 Å². The zero-order valence-corrected chi connectivity index (χ0v) is 14.3. The zero-order chi connectivity index (χ0) is 16.0. The van der Waals surface area contributed by atoms with Crippen LogP contribution in [0.1, 0.15) is 58.4 Å². The molecular formula is C18H27NO2. The van der Waals surface area contributed by atoms with Gasteiger partial charge in [-0.25, -0.2) is 0 Å². The summed E-state index contributed by atoms with van der Waals surface area (Å²) in [6.07, 6.45) is 0. The Balaban J connectivity index is 2.93. The van der Waals surface area contributed by atoms with E-state index in [0.29, 0.717) is 6.54 Å². The van der Waals surface area contributed by atoms with E-state index < -0.39 is 0 Å². The van der Waals surface area contributed by atoms with Crippen molar-refractivity contribution in [3.05, 3.63) is 29.0 Å². The first-order valence-corrected chi connectivity index (χ1v) is 7.44. The van der Waals surface area contributed by atoms with E-state index in [1.165, 1.54) is 5.56 Å². The molecule has 0 saturated heterocycles. The zero-order valence-electron chi connectivity index (χ0n) is 14.3. The number of hydrogen-bond acceptors (Lipinski definition) is 3. The van der Waals surface area contributed by atoms with E-state index in [1.807, 2.05) is 0 Å². The molecule has 2 aromatic rings. The van der Waals surface area contributed by atoms with Crippen molar-refractivity contribution in [2.45, 2.75) is 58.9 Å². The molecule has 1 aromatic heterocycles. The van der Waals surface area contributed by atoms with Crippen molar-refractivity contribution in [3.63, 3.8) is 0 Å². The Kier molecular flexibility index (Phi) is 3.83. The van der Waals surface area contributed by atoms with Crippen molar-refractivity contribution in [3.8, 4) is 5.75 Å². The maximum Gasteiger partial charge on any atom is 0.138 e. The van der Waals surface area contributed by atoms with Gasteiger partial charge in [-0.05, 0) is 23.0 Å². The van der Waals surface area contributed by atoms with Crippen LogP contribution in [0.2, 0.25) is 0 Å². The minimum atomic E-state index is -0.0263. The Bertz CT molecular complexity index is 654. The normalized spacial score (nSPS) is 13.0. The predicted molar refractivity (Wildman–Crippen MR) is 88.1 cm³/mol. The van der Waals surface area contributed by atoms with E-state index in [0.717, 1.165) is 28.0 Å². The van der Waals surface area contributed by atoms with Gasteiger partial charge in [0.15, 0.2) is 0 Å². The van der Waals surface area contributed by atoms with Gasteiger partial charge in [0.05, 0.1) is 13.7 Å². The van der Waals surface area contributed by atoms with Gasteiger partial charge in [-0.1, -0.05) is 41.5 Å². The quantitative estimate of drug-likeness (QED) is 0.885. The number of methoxy groups -OCH3 is 1. The Morgan fingerprint density at radius 3 is 2.10 bits per heavy atom. The van der Waals surface area contributed by atoms with Crippen molar-refractivity contribution in [1.29, 1.82) is 0 Å². The highest BCUT2D eigenvalue weighted by Gasteiger charge is 2.29. The Morgan fingerprint density at radius 2 is 1.67 bits per heavy atom. The van der Waals surface area contributed by atoms with E-state index in [1.54, 1.807) is 7.11 Å². The lowest BCUT2D eigenvalue weighted by Crippen LogP contribution is -2.15. The summed E-state index contributed by atoms with van der Waals surface area (Å²) >= 11 is 0. The van der Waals surface area contributed by atoms with Crippen molar-refractivity contribution in [1.82, 2.24) is 0 Å². The molecule has 0 fully saturated rings. The lowest BCUT2D eigenvalue weighted by molar-refractivity contribution is 0.413. The fourth-order valence-electron chi connectivity index (χ4n) is 2.86. The molecule has 3 heteroatoms. The lowest BCUT2D eigenvalue weighted by atomic mass is 9.81. The molecule has 0 amide bonds. The summed E-state index contributed by atoms with van der Waals surface area (Å²) in [4.78, 5) is 0. The largest absolute Gasteiger partial charge is 0.497 e. The van der Waals surface area contributed by atoms with Crippen LogP contribution in [-0.2, 0) is 17.4 Å². The van der Waals surface area contributed by atoms with Crippen molar-refractivity contribution >= 4 is 11.0 Å². The van der Waals surface area contributed by atoms with Gasteiger partial charge in [-0.2, -0.15) is 0 Å². The second-order valence-electron chi connectivity index (χ2n) is 7.66. The molecular weight excluding hydrogens is 262 g/mol. The first kappa shape index (κ1) is 15.9. The molecule has 1 aromatic carbocycles. The third-order valence-electron chi connectivity index (χ3n) is 3.81. The second-order valence-corrected chi connectivity index (χ2v) is 7.66. The summed E-state index contributed by atoms with van der Waals surface area (Å²) in [6, 6.07) is 4.13. The molecule has 0 aliphatic carbocycles. The predicted octanol–water partition coefficient (Wildman–Crippen LogP) is 4.50. The van der Waals surface area contributed by atoms with Crippen LogP contribution in [-0.4, -0.2) is 7.11 Å². The number of fused-ring (bicyclic) bond motifs is 1. The topological polar surface area (TPSA) is 48.4 Å². The summed E-state index contributed by atoms with van der Waals surface area (Å²) in [7, 11) is 1.70. The number of rotatable bonds is 2.